The number of benzene rings is 11. The predicted octanol–water partition coefficient (Wildman–Crippen LogP) is 26.2. The molecule has 0 radical (unpaired) electrons. The Labute approximate surface area is 608 Å². The van der Waals surface area contributed by atoms with Gasteiger partial charge in [-0.1, -0.05) is 354 Å². The fourth-order valence-corrected chi connectivity index (χ4v) is 15.2. The van der Waals surface area contributed by atoms with Gasteiger partial charge in [-0.2, -0.15) is 0 Å². The normalized spacial score (nSPS) is 13.7. The molecular weight excluding hydrogens is 1220 g/mol. The third-order valence-corrected chi connectivity index (χ3v) is 21.7. The molecule has 2 nitrogen and oxygen atoms in total. The molecule has 0 amide bonds. The zero-order valence-corrected chi connectivity index (χ0v) is 65.3. The number of rotatable bonds is 8. The van der Waals surface area contributed by atoms with Crippen LogP contribution in [-0.2, 0) is 43.3 Å². The second kappa shape index (κ2) is 25.0. The van der Waals surface area contributed by atoms with Gasteiger partial charge in [-0.15, -0.1) is 0 Å². The van der Waals surface area contributed by atoms with Gasteiger partial charge in [0.05, 0.1) is 11.4 Å². The molecule has 0 atom stereocenters. The lowest BCUT2D eigenvalue weighted by molar-refractivity contribution is 0.568. The van der Waals surface area contributed by atoms with E-state index >= 15 is 0 Å². The van der Waals surface area contributed by atoms with Crippen LogP contribution < -0.4 is 26.2 Å². The zero-order chi connectivity index (χ0) is 72.6. The van der Waals surface area contributed by atoms with Crippen LogP contribution in [0.15, 0.2) is 224 Å². The van der Waals surface area contributed by atoms with Gasteiger partial charge in [0, 0.05) is 33.9 Å². The molecule has 0 saturated heterocycles. The number of nitrogens with zero attached hydrogens (tertiary/aromatic N) is 2. The zero-order valence-electron chi connectivity index (χ0n) is 65.3. The van der Waals surface area contributed by atoms with Gasteiger partial charge in [0.1, 0.15) is 0 Å². The molecule has 11 aromatic carbocycles. The minimum Gasteiger partial charge on any atom is -0.311 e. The molecular formula is C98H109BN2. The predicted molar refractivity (Wildman–Crippen MR) is 443 cm³/mol. The van der Waals surface area contributed by atoms with E-state index in [1.807, 2.05) is 0 Å². The van der Waals surface area contributed by atoms with E-state index in [9.17, 15) is 0 Å². The van der Waals surface area contributed by atoms with Crippen LogP contribution in [0, 0.1) is 0 Å². The van der Waals surface area contributed by atoms with E-state index in [0.717, 1.165) is 11.4 Å². The summed E-state index contributed by atoms with van der Waals surface area (Å²) in [5.41, 5.74) is 35.6. The fourth-order valence-electron chi connectivity index (χ4n) is 15.2. The van der Waals surface area contributed by atoms with Gasteiger partial charge in [-0.3, -0.25) is 0 Å². The first-order chi connectivity index (χ1) is 47.1. The van der Waals surface area contributed by atoms with Crippen LogP contribution >= 0.6 is 0 Å². The summed E-state index contributed by atoms with van der Waals surface area (Å²) in [7, 11) is 0. The maximum Gasteiger partial charge on any atom is 0.252 e. The van der Waals surface area contributed by atoms with Crippen molar-refractivity contribution >= 4 is 57.2 Å². The van der Waals surface area contributed by atoms with Crippen molar-refractivity contribution in [2.24, 2.45) is 0 Å². The molecule has 0 bridgehead atoms. The molecule has 0 unspecified atom stereocenters. The molecule has 11 aromatic rings. The van der Waals surface area contributed by atoms with Crippen molar-refractivity contribution in [3.8, 4) is 66.8 Å². The van der Waals surface area contributed by atoms with Crippen molar-refractivity contribution in [2.75, 3.05) is 9.80 Å². The van der Waals surface area contributed by atoms with Crippen molar-refractivity contribution in [1.82, 2.24) is 0 Å². The average molecular weight is 1330 g/mol. The smallest absolute Gasteiger partial charge is 0.252 e. The van der Waals surface area contributed by atoms with Crippen LogP contribution in [0.25, 0.3) is 66.8 Å². The summed E-state index contributed by atoms with van der Waals surface area (Å²) in [6.45, 7) is 56.2. The van der Waals surface area contributed by atoms with E-state index in [1.165, 1.54) is 150 Å². The lowest BCUT2D eigenvalue weighted by atomic mass is 9.33. The number of para-hydroxylation sites is 2. The van der Waals surface area contributed by atoms with Crippen molar-refractivity contribution in [2.45, 2.75) is 209 Å². The summed E-state index contributed by atoms with van der Waals surface area (Å²) >= 11 is 0. The van der Waals surface area contributed by atoms with E-state index in [0.29, 0.717) is 0 Å². The largest absolute Gasteiger partial charge is 0.311 e. The molecule has 101 heavy (non-hydrogen) atoms. The molecule has 0 aliphatic carbocycles. The molecule has 3 heteroatoms. The van der Waals surface area contributed by atoms with Gasteiger partial charge in [0.15, 0.2) is 0 Å². The summed E-state index contributed by atoms with van der Waals surface area (Å²) in [6.07, 6.45) is 0. The van der Waals surface area contributed by atoms with Gasteiger partial charge in [-0.05, 0) is 196 Å². The van der Waals surface area contributed by atoms with Gasteiger partial charge in [-0.25, -0.2) is 0 Å². The number of hydrogen-bond acceptors (Lipinski definition) is 2. The van der Waals surface area contributed by atoms with Crippen LogP contribution in [0.3, 0.4) is 0 Å². The van der Waals surface area contributed by atoms with Crippen molar-refractivity contribution in [3.05, 3.63) is 269 Å². The Balaban J connectivity index is 1.15. The fraction of sp³-hybridized carbons (Fsp3) is 0.327. The van der Waals surface area contributed by atoms with Crippen molar-refractivity contribution < 1.29 is 0 Å². The second-order valence-corrected chi connectivity index (χ2v) is 37.7. The minimum atomic E-state index is -0.195. The van der Waals surface area contributed by atoms with Crippen LogP contribution in [-0.4, -0.2) is 6.71 Å². The van der Waals surface area contributed by atoms with E-state index in [2.05, 4.69) is 400 Å². The van der Waals surface area contributed by atoms with Gasteiger partial charge in [0.2, 0.25) is 0 Å². The molecule has 2 aliphatic heterocycles. The first-order valence-corrected chi connectivity index (χ1v) is 37.2. The molecule has 2 aliphatic rings. The highest BCUT2D eigenvalue weighted by atomic mass is 15.2. The summed E-state index contributed by atoms with van der Waals surface area (Å²) in [5.74, 6) is 0. The third-order valence-electron chi connectivity index (χ3n) is 21.7. The summed E-state index contributed by atoms with van der Waals surface area (Å²) < 4.78 is 0. The molecule has 0 N–H and O–H groups in total. The molecule has 514 valence electrons. The van der Waals surface area contributed by atoms with Gasteiger partial charge < -0.3 is 9.80 Å². The van der Waals surface area contributed by atoms with Gasteiger partial charge >= 0.3 is 0 Å². The Bertz CT molecular complexity index is 4590. The summed E-state index contributed by atoms with van der Waals surface area (Å²) in [4.78, 5) is 5.29. The first kappa shape index (κ1) is 70.5. The highest BCUT2D eigenvalue weighted by Gasteiger charge is 2.45. The molecule has 0 fully saturated rings. The van der Waals surface area contributed by atoms with Crippen LogP contribution in [0.1, 0.15) is 211 Å². The number of fused-ring (bicyclic) bond motifs is 4. The maximum absolute atomic E-state index is 2.64. The highest BCUT2D eigenvalue weighted by Crippen LogP contribution is 2.51. The Kier molecular flexibility index (Phi) is 17.4. The standard InChI is InChI=1S/C98H109BN2/c1-91(2,3)68-48-64(49-69(58-68)92(4,5)6)78-36-27-25-34-76(78)62-44-46-86-82(56-62)99-83-57-63(77-35-26-28-37-79(77)65-50-70(93(7,8)9)59-71(51-65)94(10,11)12)45-47-87(83)101(85-41-32-30-39-81(85)67-54-74(97(19,20)21)61-75(55-67)98(22,23)24)89-43-33-42-88(90(89)99)100(86)84-40-31-29-38-80(84)66-52-72(95(13,14)15)60-73(53-66)96(16,17)18/h25-61H,1-24H3. The van der Waals surface area contributed by atoms with Crippen LogP contribution in [0.4, 0.5) is 34.1 Å². The lowest BCUT2D eigenvalue weighted by Gasteiger charge is -2.45. The highest BCUT2D eigenvalue weighted by molar-refractivity contribution is 7.00. The molecule has 0 aromatic heterocycles. The quantitative estimate of drug-likeness (QED) is 0.140. The molecule has 0 spiro atoms. The van der Waals surface area contributed by atoms with E-state index in [1.54, 1.807) is 0 Å². The molecule has 2 heterocycles. The Morgan fingerprint density at radius 3 is 0.663 bits per heavy atom. The molecule has 13 rings (SSSR count). The topological polar surface area (TPSA) is 6.48 Å². The number of anilines is 6. The number of hydrogen-bond donors (Lipinski definition) is 0. The monoisotopic (exact) mass is 1320 g/mol. The van der Waals surface area contributed by atoms with Crippen molar-refractivity contribution in [3.63, 3.8) is 0 Å². The first-order valence-electron chi connectivity index (χ1n) is 37.2. The average Bonchev–Trinajstić information content (AvgIpc) is 0.694. The SMILES string of the molecule is CC(C)(C)c1cc(-c2ccccc2-c2ccc3c(c2)B2c4cc(-c5ccccc5-c5cc(C(C)(C)C)cc(C(C)(C)C)c5)ccc4N(c4ccccc4-c4cc(C(C)(C)C)cc(C(C)(C)C)c4)c4cccc(c42)N3c2ccccc2-c2cc(C(C)(C)C)cc(C(C)(C)C)c2)cc(C(C)(C)C)c1. The Morgan fingerprint density at radius 1 is 0.188 bits per heavy atom. The molecule has 0 saturated carbocycles. The van der Waals surface area contributed by atoms with Crippen LogP contribution in [0.5, 0.6) is 0 Å². The van der Waals surface area contributed by atoms with Crippen molar-refractivity contribution in [1.29, 1.82) is 0 Å². The third kappa shape index (κ3) is 13.5. The second-order valence-electron chi connectivity index (χ2n) is 37.7. The van der Waals surface area contributed by atoms with E-state index in [-0.39, 0.29) is 50.0 Å². The summed E-state index contributed by atoms with van der Waals surface area (Å²) in [6, 6.07) is 88.5. The van der Waals surface area contributed by atoms with E-state index < -0.39 is 0 Å². The Hall–Kier alpha value is -8.92. The lowest BCUT2D eigenvalue weighted by Crippen LogP contribution is -2.61. The van der Waals surface area contributed by atoms with Gasteiger partial charge in [0.25, 0.3) is 6.71 Å². The van der Waals surface area contributed by atoms with Crippen LogP contribution in [0.2, 0.25) is 0 Å². The van der Waals surface area contributed by atoms with E-state index in [4.69, 9.17) is 0 Å². The minimum absolute atomic E-state index is 0.0518. The maximum atomic E-state index is 2.64. The summed E-state index contributed by atoms with van der Waals surface area (Å²) in [5, 5.41) is 0. The Morgan fingerprint density at radius 2 is 0.406 bits per heavy atom.